The van der Waals surface area contributed by atoms with Crippen molar-refractivity contribution in [3.8, 4) is 17.2 Å². The normalized spacial score (nSPS) is 10.6. The Labute approximate surface area is 195 Å². The first kappa shape index (κ1) is 26.3. The van der Waals surface area contributed by atoms with Gasteiger partial charge in [-0.05, 0) is 18.2 Å². The van der Waals surface area contributed by atoms with Crippen molar-refractivity contribution in [3.05, 3.63) is 41.0 Å². The summed E-state index contributed by atoms with van der Waals surface area (Å²) in [5, 5.41) is 0. The number of carbonyl (C=O) groups excluding carboxylic acids is 3. The molecule has 34 heavy (non-hydrogen) atoms. The predicted molar refractivity (Wildman–Crippen MR) is 117 cm³/mol. The van der Waals surface area contributed by atoms with E-state index in [9.17, 15) is 22.8 Å². The molecule has 2 aromatic rings. The lowest BCUT2D eigenvalue weighted by molar-refractivity contribution is 0.0587. The third-order valence-corrected chi connectivity index (χ3v) is 5.86. The van der Waals surface area contributed by atoms with E-state index < -0.39 is 32.8 Å². The third-order valence-electron chi connectivity index (χ3n) is 4.53. The van der Waals surface area contributed by atoms with Gasteiger partial charge in [0.25, 0.3) is 10.0 Å². The molecule has 0 unspecified atom stereocenters. The molecule has 0 aromatic heterocycles. The Kier molecular flexibility index (Phi) is 8.30. The summed E-state index contributed by atoms with van der Waals surface area (Å²) in [5.41, 5.74) is -1.02. The first-order chi connectivity index (χ1) is 16.1. The van der Waals surface area contributed by atoms with Crippen LogP contribution in [0.25, 0.3) is 0 Å². The molecule has 0 bridgehead atoms. The van der Waals surface area contributed by atoms with Crippen molar-refractivity contribution in [2.45, 2.75) is 4.90 Å². The first-order valence-corrected chi connectivity index (χ1v) is 10.8. The van der Waals surface area contributed by atoms with Gasteiger partial charge in [-0.2, -0.15) is 0 Å². The lowest BCUT2D eigenvalue weighted by Gasteiger charge is -2.20. The van der Waals surface area contributed by atoms with Crippen LogP contribution in [0.4, 0.5) is 5.69 Å². The molecule has 0 atom stereocenters. The van der Waals surface area contributed by atoms with E-state index >= 15 is 0 Å². The summed E-state index contributed by atoms with van der Waals surface area (Å²) < 4.78 is 58.6. The second-order valence-corrected chi connectivity index (χ2v) is 8.08. The number of hydrogen-bond acceptors (Lipinski definition) is 11. The Morgan fingerprint density at radius 2 is 1.18 bits per heavy atom. The molecule has 0 heterocycles. The van der Waals surface area contributed by atoms with Gasteiger partial charge in [-0.3, -0.25) is 4.72 Å². The molecule has 13 heteroatoms. The van der Waals surface area contributed by atoms with E-state index in [2.05, 4.69) is 14.2 Å². The quantitative estimate of drug-likeness (QED) is 0.399. The summed E-state index contributed by atoms with van der Waals surface area (Å²) in [6, 6.07) is 4.31. The van der Waals surface area contributed by atoms with Gasteiger partial charge >= 0.3 is 17.9 Å². The molecule has 0 saturated carbocycles. The van der Waals surface area contributed by atoms with E-state index in [0.717, 1.165) is 39.5 Å². The molecular weight excluding hydrogens is 474 g/mol. The highest BCUT2D eigenvalue weighted by Crippen LogP contribution is 2.46. The second kappa shape index (κ2) is 10.7. The molecule has 2 aromatic carbocycles. The number of hydrogen-bond donors (Lipinski definition) is 1. The standard InChI is InChI=1S/C21H23NO11S/c1-28-15-10-14(21(25)33-6)16(18(30-3)17(15)29-2)22-34(26,27)13-8-11(19(23)31-4)7-12(9-13)20(24)32-5/h7-10,22H,1-6H3. The highest BCUT2D eigenvalue weighted by atomic mass is 32.2. The van der Waals surface area contributed by atoms with Crippen LogP contribution in [0, 0.1) is 0 Å². The molecule has 0 aliphatic heterocycles. The van der Waals surface area contributed by atoms with Crippen molar-refractivity contribution < 1.29 is 51.2 Å². The summed E-state index contributed by atoms with van der Waals surface area (Å²) in [5.74, 6) is -2.79. The number of esters is 3. The lowest BCUT2D eigenvalue weighted by Crippen LogP contribution is -2.19. The first-order valence-electron chi connectivity index (χ1n) is 9.34. The summed E-state index contributed by atoms with van der Waals surface area (Å²) in [6.45, 7) is 0. The van der Waals surface area contributed by atoms with Crippen LogP contribution in [-0.4, -0.2) is 69.0 Å². The van der Waals surface area contributed by atoms with Crippen LogP contribution in [0.5, 0.6) is 17.2 Å². The highest BCUT2D eigenvalue weighted by Gasteiger charge is 2.29. The zero-order chi connectivity index (χ0) is 25.6. The van der Waals surface area contributed by atoms with Crippen LogP contribution in [0.15, 0.2) is 29.2 Å². The number of anilines is 1. The fraction of sp³-hybridized carbons (Fsp3) is 0.286. The number of benzene rings is 2. The fourth-order valence-electron chi connectivity index (χ4n) is 2.95. The van der Waals surface area contributed by atoms with Gasteiger partial charge < -0.3 is 28.4 Å². The maximum atomic E-state index is 13.3. The smallest absolute Gasteiger partial charge is 0.340 e. The van der Waals surface area contributed by atoms with Crippen molar-refractivity contribution in [1.82, 2.24) is 0 Å². The van der Waals surface area contributed by atoms with E-state index in [1.54, 1.807) is 0 Å². The predicted octanol–water partition coefficient (Wildman–Crippen LogP) is 1.87. The molecule has 0 spiro atoms. The molecule has 0 amide bonds. The average Bonchev–Trinajstić information content (AvgIpc) is 2.85. The van der Waals surface area contributed by atoms with Crippen molar-refractivity contribution in [3.63, 3.8) is 0 Å². The summed E-state index contributed by atoms with van der Waals surface area (Å²) in [4.78, 5) is 36.0. The molecule has 0 aliphatic carbocycles. The molecule has 12 nitrogen and oxygen atoms in total. The minimum Gasteiger partial charge on any atom is -0.493 e. The monoisotopic (exact) mass is 497 g/mol. The van der Waals surface area contributed by atoms with Gasteiger partial charge in [0.1, 0.15) is 5.69 Å². The molecule has 0 saturated heterocycles. The lowest BCUT2D eigenvalue weighted by atomic mass is 10.1. The number of rotatable bonds is 9. The van der Waals surface area contributed by atoms with Gasteiger partial charge in [0.2, 0.25) is 5.75 Å². The minimum atomic E-state index is -4.53. The van der Waals surface area contributed by atoms with E-state index in [1.807, 2.05) is 0 Å². The van der Waals surface area contributed by atoms with Crippen molar-refractivity contribution in [1.29, 1.82) is 0 Å². The van der Waals surface area contributed by atoms with Crippen LogP contribution < -0.4 is 18.9 Å². The number of sulfonamides is 1. The Bertz CT molecular complexity index is 1190. The summed E-state index contributed by atoms with van der Waals surface area (Å²) in [7, 11) is 2.59. The molecule has 0 aliphatic rings. The van der Waals surface area contributed by atoms with Crippen LogP contribution in [-0.2, 0) is 24.2 Å². The molecule has 2 rings (SSSR count). The van der Waals surface area contributed by atoms with E-state index in [0.29, 0.717) is 0 Å². The second-order valence-electron chi connectivity index (χ2n) is 6.39. The molecule has 1 N–H and O–H groups in total. The topological polar surface area (TPSA) is 153 Å². The molecular formula is C21H23NO11S. The van der Waals surface area contributed by atoms with Crippen molar-refractivity contribution in [2.75, 3.05) is 47.4 Å². The molecule has 184 valence electrons. The summed E-state index contributed by atoms with van der Waals surface area (Å²) >= 11 is 0. The zero-order valence-corrected chi connectivity index (χ0v) is 20.0. The average molecular weight is 497 g/mol. The van der Waals surface area contributed by atoms with Crippen LogP contribution in [0.2, 0.25) is 0 Å². The fourth-order valence-corrected chi connectivity index (χ4v) is 4.10. The van der Waals surface area contributed by atoms with E-state index in [1.165, 1.54) is 27.4 Å². The minimum absolute atomic E-state index is 0.00563. The van der Waals surface area contributed by atoms with Gasteiger partial charge in [0.15, 0.2) is 11.5 Å². The Morgan fingerprint density at radius 3 is 1.59 bits per heavy atom. The van der Waals surface area contributed by atoms with Crippen molar-refractivity contribution >= 4 is 33.6 Å². The van der Waals surface area contributed by atoms with E-state index in [4.69, 9.17) is 18.9 Å². The van der Waals surface area contributed by atoms with Gasteiger partial charge in [-0.1, -0.05) is 0 Å². The third kappa shape index (κ3) is 5.14. The van der Waals surface area contributed by atoms with Crippen LogP contribution in [0.3, 0.4) is 0 Å². The highest BCUT2D eigenvalue weighted by molar-refractivity contribution is 7.92. The van der Waals surface area contributed by atoms with Gasteiger partial charge in [0, 0.05) is 6.07 Å². The summed E-state index contributed by atoms with van der Waals surface area (Å²) in [6.07, 6.45) is 0. The van der Waals surface area contributed by atoms with Crippen LogP contribution in [0.1, 0.15) is 31.1 Å². The number of ether oxygens (including phenoxy) is 6. The Morgan fingerprint density at radius 1 is 0.676 bits per heavy atom. The van der Waals surface area contributed by atoms with E-state index in [-0.39, 0.29) is 39.6 Å². The zero-order valence-electron chi connectivity index (χ0n) is 19.2. The SMILES string of the molecule is COC(=O)c1cc(C(=O)OC)cc(S(=O)(=O)Nc2c(C(=O)OC)cc(OC)c(OC)c2OC)c1. The van der Waals surface area contributed by atoms with Gasteiger partial charge in [-0.25, -0.2) is 22.8 Å². The van der Waals surface area contributed by atoms with Gasteiger partial charge in [-0.15, -0.1) is 0 Å². The Balaban J connectivity index is 2.79. The number of nitrogens with one attached hydrogen (secondary N) is 1. The largest absolute Gasteiger partial charge is 0.493 e. The molecule has 0 radical (unpaired) electrons. The van der Waals surface area contributed by atoms with Gasteiger partial charge in [0.05, 0.1) is 64.2 Å². The number of methoxy groups -OCH3 is 6. The maximum Gasteiger partial charge on any atom is 0.340 e. The van der Waals surface area contributed by atoms with Crippen LogP contribution >= 0.6 is 0 Å². The molecule has 0 fully saturated rings. The van der Waals surface area contributed by atoms with Crippen molar-refractivity contribution in [2.24, 2.45) is 0 Å². The Hall–Kier alpha value is -4.00. The maximum absolute atomic E-state index is 13.3. The number of carbonyl (C=O) groups is 3.